The summed E-state index contributed by atoms with van der Waals surface area (Å²) in [7, 11) is 0. The van der Waals surface area contributed by atoms with Crippen LogP contribution in [0.25, 0.3) is 12.2 Å². The number of halogens is 2. The molecule has 161 valence electrons. The molecular formula is C26H35Cl2SiZr. The Labute approximate surface area is 201 Å². The summed E-state index contributed by atoms with van der Waals surface area (Å²) in [6.07, 6.45) is 7.50. The minimum Gasteiger partial charge on any atom is -0.147 e. The van der Waals surface area contributed by atoms with E-state index in [9.17, 15) is 0 Å². The third-order valence-electron chi connectivity index (χ3n) is 7.36. The molecule has 0 saturated heterocycles. The van der Waals surface area contributed by atoms with Crippen molar-refractivity contribution in [3.63, 3.8) is 0 Å². The van der Waals surface area contributed by atoms with Crippen LogP contribution in [0.15, 0.2) is 47.5 Å². The maximum absolute atomic E-state index is 2.65. The molecule has 0 saturated carbocycles. The molecule has 0 aromatic heterocycles. The van der Waals surface area contributed by atoms with Crippen molar-refractivity contribution < 1.29 is 18.9 Å². The molecule has 2 aliphatic carbocycles. The quantitative estimate of drug-likeness (QED) is 0.343. The van der Waals surface area contributed by atoms with Crippen LogP contribution in [0.3, 0.4) is 0 Å². The summed E-state index contributed by atoms with van der Waals surface area (Å²) in [5.41, 5.74) is 12.7. The van der Waals surface area contributed by atoms with Crippen LogP contribution in [-0.4, -0.2) is 6.88 Å². The number of hydrogen-bond donors (Lipinski definition) is 0. The molecule has 4 rings (SSSR count). The fourth-order valence-electron chi connectivity index (χ4n) is 5.79. The van der Waals surface area contributed by atoms with Crippen molar-refractivity contribution in [3.8, 4) is 0 Å². The van der Waals surface area contributed by atoms with Gasteiger partial charge in [-0.05, 0) is 0 Å². The van der Waals surface area contributed by atoms with E-state index in [1.807, 2.05) is 0 Å². The van der Waals surface area contributed by atoms with Crippen LogP contribution in [0.2, 0.25) is 4.13 Å². The average molecular weight is 538 g/mol. The molecule has 0 fully saturated rings. The summed E-state index contributed by atoms with van der Waals surface area (Å²) in [6.45, 7) is 14.3. The van der Waals surface area contributed by atoms with E-state index in [0.29, 0.717) is 0 Å². The summed E-state index contributed by atoms with van der Waals surface area (Å²) in [4.78, 5) is 0. The van der Waals surface area contributed by atoms with E-state index >= 15 is 0 Å². The second-order valence-electron chi connectivity index (χ2n) is 8.75. The van der Waals surface area contributed by atoms with Gasteiger partial charge in [0.15, 0.2) is 0 Å². The SMILES string of the molecule is CCC1=Cc2c(C)cccc2[CH]1[Zr](=[SiH2])([CH2]C)[CH]1C(CC)=Cc2c(C)cccc21.Cl.Cl. The van der Waals surface area contributed by atoms with Crippen LogP contribution < -0.4 is 0 Å². The number of benzene rings is 2. The molecular weight excluding hydrogens is 503 g/mol. The Bertz CT molecular complexity index is 971. The van der Waals surface area contributed by atoms with Crippen molar-refractivity contribution in [2.24, 2.45) is 0 Å². The van der Waals surface area contributed by atoms with Crippen molar-refractivity contribution in [3.05, 3.63) is 80.9 Å². The Hall–Kier alpha value is -0.400. The molecule has 0 bridgehead atoms. The molecule has 2 aromatic rings. The first-order valence-electron chi connectivity index (χ1n) is 10.9. The van der Waals surface area contributed by atoms with Crippen molar-refractivity contribution >= 4 is 43.8 Å². The van der Waals surface area contributed by atoms with E-state index in [1.165, 1.54) is 39.2 Å². The van der Waals surface area contributed by atoms with Crippen LogP contribution in [0.5, 0.6) is 0 Å². The second-order valence-corrected chi connectivity index (χ2v) is 27.2. The molecule has 30 heavy (non-hydrogen) atoms. The van der Waals surface area contributed by atoms with Gasteiger partial charge in [0.1, 0.15) is 0 Å². The first kappa shape index (κ1) is 25.9. The van der Waals surface area contributed by atoms with Crippen molar-refractivity contribution in [1.82, 2.24) is 0 Å². The fourth-order valence-corrected chi connectivity index (χ4v) is 23.6. The van der Waals surface area contributed by atoms with Gasteiger partial charge in [0, 0.05) is 0 Å². The molecule has 0 spiro atoms. The molecule has 4 heteroatoms. The predicted molar refractivity (Wildman–Crippen MR) is 138 cm³/mol. The topological polar surface area (TPSA) is 0 Å². The minimum atomic E-state index is -2.65. The van der Waals surface area contributed by atoms with Crippen LogP contribution in [0.4, 0.5) is 0 Å². The van der Waals surface area contributed by atoms with Crippen LogP contribution in [0, 0.1) is 13.8 Å². The molecule has 0 aliphatic heterocycles. The van der Waals surface area contributed by atoms with Gasteiger partial charge < -0.3 is 0 Å². The number of rotatable bonds is 5. The zero-order valence-corrected chi connectivity index (χ0v) is 24.4. The van der Waals surface area contributed by atoms with E-state index in [4.69, 9.17) is 0 Å². The van der Waals surface area contributed by atoms with Gasteiger partial charge in [0.2, 0.25) is 0 Å². The normalized spacial score (nSPS) is 20.8. The zero-order chi connectivity index (χ0) is 20.1. The average Bonchev–Trinajstić information content (AvgIpc) is 3.28. The maximum atomic E-state index is 2.56. The van der Waals surface area contributed by atoms with Crippen LogP contribution in [0.1, 0.15) is 74.2 Å². The number of aryl methyl sites for hydroxylation is 2. The van der Waals surface area contributed by atoms with Crippen molar-refractivity contribution in [2.45, 2.75) is 58.8 Å². The van der Waals surface area contributed by atoms with E-state index in [-0.39, 0.29) is 24.8 Å². The van der Waals surface area contributed by atoms with Gasteiger partial charge >= 0.3 is 178 Å². The van der Waals surface area contributed by atoms with E-state index in [1.54, 1.807) is 22.3 Å². The third-order valence-corrected chi connectivity index (χ3v) is 27.4. The number of fused-ring (bicyclic) bond motifs is 2. The molecule has 0 radical (unpaired) electrons. The van der Waals surface area contributed by atoms with Gasteiger partial charge in [0.25, 0.3) is 0 Å². The molecule has 0 N–H and O–H groups in total. The smallest absolute Gasteiger partial charge is 0.147 e. The van der Waals surface area contributed by atoms with Gasteiger partial charge in [-0.1, -0.05) is 0 Å². The Kier molecular flexibility index (Phi) is 8.65. The number of hydrogen-bond acceptors (Lipinski definition) is 0. The molecule has 2 unspecified atom stereocenters. The molecule has 0 heterocycles. The standard InChI is InChI=1S/2C12H13.C2H5.2ClH.H2Si.Zr/c2*1-3-10-7-11-6-4-5-9(2)12(11)8-10;1-2;;;;/h2*4-8H,3H2,1-2H3;1H2,2H3;2*1H;1H2;. The first-order valence-corrected chi connectivity index (χ1v) is 21.4. The van der Waals surface area contributed by atoms with Crippen LogP contribution >= 0.6 is 24.8 Å². The Morgan fingerprint density at radius 3 is 1.47 bits per heavy atom. The molecule has 2 aliphatic rings. The monoisotopic (exact) mass is 535 g/mol. The van der Waals surface area contributed by atoms with Gasteiger partial charge in [0.05, 0.1) is 0 Å². The van der Waals surface area contributed by atoms with E-state index in [0.717, 1.165) is 7.25 Å². The minimum absolute atomic E-state index is 0. The van der Waals surface area contributed by atoms with Crippen LogP contribution in [-0.2, 0) is 18.9 Å². The molecule has 2 atom stereocenters. The summed E-state index contributed by atoms with van der Waals surface area (Å²) >= 11 is -2.65. The summed E-state index contributed by atoms with van der Waals surface area (Å²) < 4.78 is 2.85. The van der Waals surface area contributed by atoms with Gasteiger partial charge in [-0.2, -0.15) is 0 Å². The summed E-state index contributed by atoms with van der Waals surface area (Å²) in [5.74, 6) is 0. The van der Waals surface area contributed by atoms with Gasteiger partial charge in [-0.3, -0.25) is 0 Å². The van der Waals surface area contributed by atoms with Crippen molar-refractivity contribution in [2.75, 3.05) is 0 Å². The van der Waals surface area contributed by atoms with E-state index < -0.39 is 18.9 Å². The zero-order valence-electron chi connectivity index (χ0n) is 18.9. The Morgan fingerprint density at radius 2 is 1.13 bits per heavy atom. The third kappa shape index (κ3) is 3.92. The predicted octanol–water partition coefficient (Wildman–Crippen LogP) is 7.68. The maximum Gasteiger partial charge on any atom is -0.147 e. The first-order chi connectivity index (χ1) is 13.5. The second kappa shape index (κ2) is 10.0. The van der Waals surface area contributed by atoms with Crippen molar-refractivity contribution in [1.29, 1.82) is 0 Å². The molecule has 0 nitrogen and oxygen atoms in total. The van der Waals surface area contributed by atoms with Gasteiger partial charge in [-0.15, -0.1) is 24.8 Å². The van der Waals surface area contributed by atoms with E-state index in [2.05, 4.69) is 90.0 Å². The number of allylic oxidation sites excluding steroid dienone is 2. The largest absolute Gasteiger partial charge is 0.147 e. The Balaban J connectivity index is 0.00000160. The summed E-state index contributed by atoms with van der Waals surface area (Å²) in [6, 6.07) is 14.1. The summed E-state index contributed by atoms with van der Waals surface area (Å²) in [5, 5.41) is 0. The van der Waals surface area contributed by atoms with Gasteiger partial charge in [-0.25, -0.2) is 0 Å². The fraction of sp³-hybridized carbons (Fsp3) is 0.385. The molecule has 2 aromatic carbocycles. The Morgan fingerprint density at radius 1 is 0.733 bits per heavy atom. The molecule has 0 amide bonds.